The number of aryl methyl sites for hydroxylation is 2. The van der Waals surface area contributed by atoms with Gasteiger partial charge >= 0.3 is 0 Å². The maximum atomic E-state index is 6.00. The van der Waals surface area contributed by atoms with Gasteiger partial charge in [0, 0.05) is 11.6 Å². The van der Waals surface area contributed by atoms with E-state index in [1.54, 1.807) is 0 Å². The first kappa shape index (κ1) is 12.7. The fourth-order valence-electron chi connectivity index (χ4n) is 1.89. The van der Waals surface area contributed by atoms with E-state index in [1.807, 2.05) is 44.2 Å². The topological polar surface area (TPSA) is 35.2 Å². The molecular formula is C16H19NO. The summed E-state index contributed by atoms with van der Waals surface area (Å²) < 4.78 is 6.00. The normalized spacial score (nSPS) is 12.2. The molecule has 0 saturated carbocycles. The average molecular weight is 241 g/mol. The molecule has 2 rings (SSSR count). The zero-order valence-electron chi connectivity index (χ0n) is 11.1. The number of benzene rings is 2. The van der Waals surface area contributed by atoms with E-state index in [0.29, 0.717) is 0 Å². The third-order valence-corrected chi connectivity index (χ3v) is 2.97. The van der Waals surface area contributed by atoms with Crippen LogP contribution in [0.2, 0.25) is 0 Å². The molecule has 2 heteroatoms. The van der Waals surface area contributed by atoms with Crippen molar-refractivity contribution in [1.82, 2.24) is 0 Å². The molecule has 1 atom stereocenters. The van der Waals surface area contributed by atoms with Crippen LogP contribution < -0.4 is 10.5 Å². The molecule has 0 aliphatic heterocycles. The number of hydrogen-bond acceptors (Lipinski definition) is 2. The van der Waals surface area contributed by atoms with Crippen molar-refractivity contribution in [2.75, 3.05) is 0 Å². The van der Waals surface area contributed by atoms with Crippen LogP contribution in [0.1, 0.15) is 29.7 Å². The van der Waals surface area contributed by atoms with Crippen molar-refractivity contribution < 1.29 is 4.74 Å². The van der Waals surface area contributed by atoms with Crippen molar-refractivity contribution in [1.29, 1.82) is 0 Å². The summed E-state index contributed by atoms with van der Waals surface area (Å²) in [5.41, 5.74) is 9.30. The Balaban J connectivity index is 2.37. The van der Waals surface area contributed by atoms with Gasteiger partial charge in [0.15, 0.2) is 0 Å². The quantitative estimate of drug-likeness (QED) is 0.877. The van der Waals surface area contributed by atoms with Crippen LogP contribution in [0.4, 0.5) is 0 Å². The highest BCUT2D eigenvalue weighted by molar-refractivity contribution is 5.43. The second-order valence-corrected chi connectivity index (χ2v) is 4.70. The summed E-state index contributed by atoms with van der Waals surface area (Å²) in [6.07, 6.45) is 0. The van der Waals surface area contributed by atoms with Gasteiger partial charge in [-0.1, -0.05) is 30.3 Å². The summed E-state index contributed by atoms with van der Waals surface area (Å²) in [5, 5.41) is 0. The molecule has 0 saturated heterocycles. The first-order chi connectivity index (χ1) is 8.58. The Bertz CT molecular complexity index is 547. The molecule has 0 aliphatic carbocycles. The molecule has 0 amide bonds. The third-order valence-electron chi connectivity index (χ3n) is 2.97. The largest absolute Gasteiger partial charge is 0.457 e. The van der Waals surface area contributed by atoms with Gasteiger partial charge in [0.1, 0.15) is 11.5 Å². The summed E-state index contributed by atoms with van der Waals surface area (Å²) >= 11 is 0. The summed E-state index contributed by atoms with van der Waals surface area (Å²) in [6, 6.07) is 14.1. The molecule has 2 nitrogen and oxygen atoms in total. The second kappa shape index (κ2) is 5.23. The Labute approximate surface area is 108 Å². The van der Waals surface area contributed by atoms with Crippen molar-refractivity contribution in [3.63, 3.8) is 0 Å². The van der Waals surface area contributed by atoms with Crippen LogP contribution in [0.15, 0.2) is 42.5 Å². The molecule has 0 spiro atoms. The lowest BCUT2D eigenvalue weighted by molar-refractivity contribution is 0.468. The molecule has 0 radical (unpaired) electrons. The Morgan fingerprint density at radius 3 is 2.44 bits per heavy atom. The number of rotatable bonds is 3. The van der Waals surface area contributed by atoms with Crippen molar-refractivity contribution in [2.24, 2.45) is 5.73 Å². The summed E-state index contributed by atoms with van der Waals surface area (Å²) in [7, 11) is 0. The van der Waals surface area contributed by atoms with Crippen LogP contribution in [-0.4, -0.2) is 0 Å². The minimum absolute atomic E-state index is 0.0358. The van der Waals surface area contributed by atoms with Crippen LogP contribution in [0, 0.1) is 13.8 Å². The third kappa shape index (κ3) is 2.71. The number of nitrogens with two attached hydrogens (primary N) is 1. The lowest BCUT2D eigenvalue weighted by Gasteiger charge is -2.15. The van der Waals surface area contributed by atoms with E-state index in [9.17, 15) is 0 Å². The van der Waals surface area contributed by atoms with Crippen LogP contribution in [0.25, 0.3) is 0 Å². The van der Waals surface area contributed by atoms with Crippen LogP contribution >= 0.6 is 0 Å². The Hall–Kier alpha value is -1.80. The molecule has 0 bridgehead atoms. The van der Waals surface area contributed by atoms with E-state index in [1.165, 1.54) is 5.56 Å². The van der Waals surface area contributed by atoms with Gasteiger partial charge < -0.3 is 10.5 Å². The van der Waals surface area contributed by atoms with Gasteiger partial charge in [-0.2, -0.15) is 0 Å². The fraction of sp³-hybridized carbons (Fsp3) is 0.250. The van der Waals surface area contributed by atoms with Crippen LogP contribution in [-0.2, 0) is 0 Å². The highest BCUT2D eigenvalue weighted by Gasteiger charge is 2.09. The fourth-order valence-corrected chi connectivity index (χ4v) is 1.89. The highest BCUT2D eigenvalue weighted by Crippen LogP contribution is 2.30. The van der Waals surface area contributed by atoms with Gasteiger partial charge in [-0.3, -0.25) is 0 Å². The van der Waals surface area contributed by atoms with Gasteiger partial charge in [0.25, 0.3) is 0 Å². The smallest absolute Gasteiger partial charge is 0.132 e. The lowest BCUT2D eigenvalue weighted by Crippen LogP contribution is -2.06. The maximum absolute atomic E-state index is 6.00. The minimum atomic E-state index is -0.0358. The molecule has 0 aliphatic rings. The zero-order chi connectivity index (χ0) is 13.1. The van der Waals surface area contributed by atoms with E-state index in [-0.39, 0.29) is 6.04 Å². The maximum Gasteiger partial charge on any atom is 0.132 e. The Kier molecular flexibility index (Phi) is 3.68. The molecular weight excluding hydrogens is 222 g/mol. The zero-order valence-corrected chi connectivity index (χ0v) is 11.1. The van der Waals surface area contributed by atoms with Crippen LogP contribution in [0.3, 0.4) is 0 Å². The lowest BCUT2D eigenvalue weighted by atomic mass is 10.1. The van der Waals surface area contributed by atoms with Crippen molar-refractivity contribution in [3.05, 3.63) is 59.2 Å². The Morgan fingerprint density at radius 2 is 1.72 bits per heavy atom. The average Bonchev–Trinajstić information content (AvgIpc) is 2.34. The van der Waals surface area contributed by atoms with Gasteiger partial charge in [0.05, 0.1) is 0 Å². The monoisotopic (exact) mass is 241 g/mol. The number of hydrogen-bond donors (Lipinski definition) is 1. The van der Waals surface area contributed by atoms with E-state index in [0.717, 1.165) is 22.6 Å². The predicted molar refractivity (Wildman–Crippen MR) is 75.0 cm³/mol. The second-order valence-electron chi connectivity index (χ2n) is 4.70. The molecule has 2 aromatic carbocycles. The van der Waals surface area contributed by atoms with Crippen molar-refractivity contribution in [2.45, 2.75) is 26.8 Å². The van der Waals surface area contributed by atoms with E-state index in [2.05, 4.69) is 19.1 Å². The van der Waals surface area contributed by atoms with Crippen molar-refractivity contribution in [3.8, 4) is 11.5 Å². The van der Waals surface area contributed by atoms with Gasteiger partial charge in [0.2, 0.25) is 0 Å². The first-order valence-corrected chi connectivity index (χ1v) is 6.17. The molecule has 94 valence electrons. The minimum Gasteiger partial charge on any atom is -0.457 e. The molecule has 0 heterocycles. The first-order valence-electron chi connectivity index (χ1n) is 6.17. The highest BCUT2D eigenvalue weighted by atomic mass is 16.5. The molecule has 2 N–H and O–H groups in total. The SMILES string of the molecule is Cc1ccc(C)c(Oc2ccccc2C(C)N)c1. The molecule has 1 unspecified atom stereocenters. The standard InChI is InChI=1S/C16H19NO/c1-11-8-9-12(2)16(10-11)18-15-7-5-4-6-14(15)13(3)17/h4-10,13H,17H2,1-3H3. The van der Waals surface area contributed by atoms with Crippen molar-refractivity contribution >= 4 is 0 Å². The number of para-hydroxylation sites is 1. The molecule has 0 fully saturated rings. The van der Waals surface area contributed by atoms with Crippen LogP contribution in [0.5, 0.6) is 11.5 Å². The summed E-state index contributed by atoms with van der Waals surface area (Å²) in [6.45, 7) is 6.07. The molecule has 0 aromatic heterocycles. The van der Waals surface area contributed by atoms with Gasteiger partial charge in [-0.15, -0.1) is 0 Å². The van der Waals surface area contributed by atoms with Gasteiger partial charge in [-0.05, 0) is 44.0 Å². The molecule has 18 heavy (non-hydrogen) atoms. The van der Waals surface area contributed by atoms with Gasteiger partial charge in [-0.25, -0.2) is 0 Å². The summed E-state index contributed by atoms with van der Waals surface area (Å²) in [5.74, 6) is 1.73. The Morgan fingerprint density at radius 1 is 1.00 bits per heavy atom. The summed E-state index contributed by atoms with van der Waals surface area (Å²) in [4.78, 5) is 0. The van der Waals surface area contributed by atoms with E-state index in [4.69, 9.17) is 10.5 Å². The molecule has 2 aromatic rings. The van der Waals surface area contributed by atoms with E-state index >= 15 is 0 Å². The van der Waals surface area contributed by atoms with E-state index < -0.39 is 0 Å². The predicted octanol–water partition coefficient (Wildman–Crippen LogP) is 4.12. The number of ether oxygens (including phenoxy) is 1.